The smallest absolute Gasteiger partial charge is 0.314 e. The molecule has 0 bridgehead atoms. The van der Waals surface area contributed by atoms with Crippen molar-refractivity contribution in [3.63, 3.8) is 0 Å². The molecule has 0 N–H and O–H groups in total. The van der Waals surface area contributed by atoms with Crippen molar-refractivity contribution in [1.29, 1.82) is 0 Å². The van der Waals surface area contributed by atoms with Gasteiger partial charge >= 0.3 is 11.9 Å². The molecule has 0 aromatic heterocycles. The number of hydrogen-bond donors (Lipinski definition) is 0. The zero-order valence-electron chi connectivity index (χ0n) is 10.6. The van der Waals surface area contributed by atoms with Gasteiger partial charge in [-0.05, 0) is 24.3 Å². The highest BCUT2D eigenvalue weighted by Gasteiger charge is 2.19. The minimum absolute atomic E-state index is 0.00544. The first kappa shape index (κ1) is 14.0. The van der Waals surface area contributed by atoms with E-state index in [0.717, 1.165) is 0 Å². The van der Waals surface area contributed by atoms with Gasteiger partial charge in [-0.2, -0.15) is 0 Å². The first-order valence-electron chi connectivity index (χ1n) is 5.49. The molecule has 0 aliphatic heterocycles. The summed E-state index contributed by atoms with van der Waals surface area (Å²) in [4.78, 5) is 22.7. The molecule has 1 aromatic rings. The van der Waals surface area contributed by atoms with Gasteiger partial charge in [-0.25, -0.2) is 0 Å². The highest BCUT2D eigenvalue weighted by Crippen LogP contribution is 2.18. The number of esters is 2. The van der Waals surface area contributed by atoms with Crippen LogP contribution in [-0.4, -0.2) is 26.2 Å². The van der Waals surface area contributed by atoms with Crippen LogP contribution in [0.2, 0.25) is 0 Å². The molecule has 98 valence electrons. The first-order valence-corrected chi connectivity index (χ1v) is 5.49. The van der Waals surface area contributed by atoms with E-state index in [4.69, 9.17) is 9.47 Å². The van der Waals surface area contributed by atoms with Crippen molar-refractivity contribution < 1.29 is 23.8 Å². The molecule has 0 aliphatic rings. The minimum Gasteiger partial charge on any atom is -0.497 e. The summed E-state index contributed by atoms with van der Waals surface area (Å²) in [6.07, 6.45) is 0.00544. The van der Waals surface area contributed by atoms with Gasteiger partial charge in [0.2, 0.25) is 0 Å². The van der Waals surface area contributed by atoms with E-state index in [2.05, 4.69) is 4.74 Å². The summed E-state index contributed by atoms with van der Waals surface area (Å²) in [5.41, 5.74) is 0. The van der Waals surface area contributed by atoms with Gasteiger partial charge in [-0.15, -0.1) is 0 Å². The maximum Gasteiger partial charge on any atom is 0.314 e. The molecule has 5 nitrogen and oxygen atoms in total. The fourth-order valence-corrected chi connectivity index (χ4v) is 1.28. The molecule has 0 saturated heterocycles. The van der Waals surface area contributed by atoms with E-state index >= 15 is 0 Å². The standard InChI is InChI=1S/C13H16O5/c1-9(8-12(14)17-3)13(15)18-11-6-4-10(16-2)5-7-11/h4-7,9H,8H2,1-3H3. The van der Waals surface area contributed by atoms with Gasteiger partial charge in [-0.1, -0.05) is 6.92 Å². The van der Waals surface area contributed by atoms with Gasteiger partial charge in [0, 0.05) is 0 Å². The van der Waals surface area contributed by atoms with Gasteiger partial charge in [0.25, 0.3) is 0 Å². The van der Waals surface area contributed by atoms with E-state index in [9.17, 15) is 9.59 Å². The summed E-state index contributed by atoms with van der Waals surface area (Å²) in [5.74, 6) is -0.353. The van der Waals surface area contributed by atoms with Crippen molar-refractivity contribution in [2.24, 2.45) is 5.92 Å². The van der Waals surface area contributed by atoms with Crippen molar-refractivity contribution >= 4 is 11.9 Å². The Morgan fingerprint density at radius 3 is 2.17 bits per heavy atom. The fourth-order valence-electron chi connectivity index (χ4n) is 1.28. The summed E-state index contributed by atoms with van der Waals surface area (Å²) in [7, 11) is 2.84. The minimum atomic E-state index is -0.542. The second kappa shape index (κ2) is 6.64. The van der Waals surface area contributed by atoms with Crippen LogP contribution in [0.15, 0.2) is 24.3 Å². The van der Waals surface area contributed by atoms with E-state index in [1.54, 1.807) is 38.3 Å². The molecule has 5 heteroatoms. The molecule has 0 fully saturated rings. The number of carbonyl (C=O) groups excluding carboxylic acids is 2. The highest BCUT2D eigenvalue weighted by molar-refractivity contribution is 5.80. The third-order valence-corrected chi connectivity index (χ3v) is 2.38. The van der Waals surface area contributed by atoms with E-state index in [-0.39, 0.29) is 6.42 Å². The number of methoxy groups -OCH3 is 2. The van der Waals surface area contributed by atoms with Gasteiger partial charge in [-0.3, -0.25) is 9.59 Å². The van der Waals surface area contributed by atoms with Crippen LogP contribution in [0.4, 0.5) is 0 Å². The molecule has 0 saturated carbocycles. The third-order valence-electron chi connectivity index (χ3n) is 2.38. The Morgan fingerprint density at radius 1 is 1.11 bits per heavy atom. The zero-order valence-corrected chi connectivity index (χ0v) is 10.6. The predicted octanol–water partition coefficient (Wildman–Crippen LogP) is 1.80. The average Bonchev–Trinajstić information content (AvgIpc) is 2.39. The van der Waals surface area contributed by atoms with Crippen LogP contribution in [0.3, 0.4) is 0 Å². The third kappa shape index (κ3) is 4.08. The lowest BCUT2D eigenvalue weighted by Crippen LogP contribution is -2.21. The van der Waals surface area contributed by atoms with E-state index in [1.807, 2.05) is 0 Å². The molecule has 18 heavy (non-hydrogen) atoms. The van der Waals surface area contributed by atoms with Gasteiger partial charge in [0.1, 0.15) is 11.5 Å². The Morgan fingerprint density at radius 2 is 1.67 bits per heavy atom. The summed E-state index contributed by atoms with van der Waals surface area (Å²) >= 11 is 0. The largest absolute Gasteiger partial charge is 0.497 e. The van der Waals surface area contributed by atoms with Crippen LogP contribution in [0.1, 0.15) is 13.3 Å². The number of ether oxygens (including phenoxy) is 3. The van der Waals surface area contributed by atoms with Crippen molar-refractivity contribution in [2.45, 2.75) is 13.3 Å². The summed E-state index contributed by atoms with van der Waals surface area (Å²) < 4.78 is 14.6. The van der Waals surface area contributed by atoms with Gasteiger partial charge in [0.15, 0.2) is 0 Å². The monoisotopic (exact) mass is 252 g/mol. The topological polar surface area (TPSA) is 61.8 Å². The highest BCUT2D eigenvalue weighted by atomic mass is 16.5. The van der Waals surface area contributed by atoms with Crippen molar-refractivity contribution in [2.75, 3.05) is 14.2 Å². The lowest BCUT2D eigenvalue weighted by atomic mass is 10.1. The van der Waals surface area contributed by atoms with Crippen LogP contribution >= 0.6 is 0 Å². The van der Waals surface area contributed by atoms with E-state index in [0.29, 0.717) is 11.5 Å². The fraction of sp³-hybridized carbons (Fsp3) is 0.385. The van der Waals surface area contributed by atoms with Gasteiger partial charge < -0.3 is 14.2 Å². The zero-order chi connectivity index (χ0) is 13.5. The lowest BCUT2D eigenvalue weighted by Gasteiger charge is -2.10. The van der Waals surface area contributed by atoms with Crippen molar-refractivity contribution in [3.8, 4) is 11.5 Å². The quantitative estimate of drug-likeness (QED) is 0.590. The Bertz CT molecular complexity index is 410. The summed E-state index contributed by atoms with van der Waals surface area (Å²) in [5, 5.41) is 0. The molecule has 0 heterocycles. The average molecular weight is 252 g/mol. The Kier molecular flexibility index (Phi) is 5.17. The second-order valence-electron chi connectivity index (χ2n) is 3.78. The van der Waals surface area contributed by atoms with Crippen molar-refractivity contribution in [1.82, 2.24) is 0 Å². The molecule has 0 spiro atoms. The van der Waals surface area contributed by atoms with E-state index < -0.39 is 17.9 Å². The molecule has 0 radical (unpaired) electrons. The number of benzene rings is 1. The predicted molar refractivity (Wildman–Crippen MR) is 64.4 cm³/mol. The molecule has 0 amide bonds. The summed E-state index contributed by atoms with van der Waals surface area (Å²) in [6.45, 7) is 1.61. The molecule has 1 unspecified atom stereocenters. The molecule has 1 rings (SSSR count). The normalized spacial score (nSPS) is 11.5. The summed E-state index contributed by atoms with van der Waals surface area (Å²) in [6, 6.07) is 6.63. The van der Waals surface area contributed by atoms with Crippen LogP contribution in [0.25, 0.3) is 0 Å². The van der Waals surface area contributed by atoms with Crippen LogP contribution in [0, 0.1) is 5.92 Å². The Hall–Kier alpha value is -2.04. The van der Waals surface area contributed by atoms with Crippen LogP contribution in [-0.2, 0) is 14.3 Å². The van der Waals surface area contributed by atoms with Crippen molar-refractivity contribution in [3.05, 3.63) is 24.3 Å². The van der Waals surface area contributed by atoms with Crippen LogP contribution in [0.5, 0.6) is 11.5 Å². The number of hydrogen-bond acceptors (Lipinski definition) is 5. The second-order valence-corrected chi connectivity index (χ2v) is 3.78. The SMILES string of the molecule is COC(=O)CC(C)C(=O)Oc1ccc(OC)cc1. The van der Waals surface area contributed by atoms with Crippen LogP contribution < -0.4 is 9.47 Å². The molecule has 0 aliphatic carbocycles. The molecular weight excluding hydrogens is 236 g/mol. The first-order chi connectivity index (χ1) is 8.56. The molecular formula is C13H16O5. The number of rotatable bonds is 5. The maximum atomic E-state index is 11.7. The molecule has 1 aromatic carbocycles. The number of carbonyl (C=O) groups is 2. The Labute approximate surface area is 106 Å². The Balaban J connectivity index is 2.55. The maximum absolute atomic E-state index is 11.7. The lowest BCUT2D eigenvalue weighted by molar-refractivity contribution is -0.147. The van der Waals surface area contributed by atoms with Gasteiger partial charge in [0.05, 0.1) is 26.6 Å². The molecule has 1 atom stereocenters. The van der Waals surface area contributed by atoms with E-state index in [1.165, 1.54) is 7.11 Å².